The third kappa shape index (κ3) is 6.55. The Kier molecular flexibility index (Phi) is 7.70. The summed E-state index contributed by atoms with van der Waals surface area (Å²) < 4.78 is 0. The van der Waals surface area contributed by atoms with Crippen LogP contribution in [0.25, 0.3) is 0 Å². The van der Waals surface area contributed by atoms with Crippen LogP contribution in [0, 0.1) is 5.92 Å². The van der Waals surface area contributed by atoms with Gasteiger partial charge in [-0.15, -0.1) is 0 Å². The zero-order chi connectivity index (χ0) is 14.8. The molecule has 20 heavy (non-hydrogen) atoms. The number of nitrogens with one attached hydrogen (secondary N) is 2. The average Bonchev–Trinajstić information content (AvgIpc) is 2.44. The van der Waals surface area contributed by atoms with Crippen LogP contribution in [0.15, 0.2) is 18.3 Å². The first-order chi connectivity index (χ1) is 9.63. The third-order valence-electron chi connectivity index (χ3n) is 3.12. The van der Waals surface area contributed by atoms with Crippen LogP contribution in [0.5, 0.6) is 0 Å². The van der Waals surface area contributed by atoms with E-state index in [2.05, 4.69) is 36.4 Å². The second-order valence-corrected chi connectivity index (χ2v) is 5.50. The number of rotatable bonds is 9. The molecule has 0 saturated heterocycles. The largest absolute Gasteiger partial charge is 0.370 e. The summed E-state index contributed by atoms with van der Waals surface area (Å²) in [5.41, 5.74) is 0.621. The van der Waals surface area contributed by atoms with Crippen LogP contribution in [0.1, 0.15) is 56.8 Å². The van der Waals surface area contributed by atoms with Gasteiger partial charge in [-0.25, -0.2) is 4.98 Å². The van der Waals surface area contributed by atoms with E-state index in [0.717, 1.165) is 44.6 Å². The topological polar surface area (TPSA) is 54.0 Å². The fraction of sp³-hybridized carbons (Fsp3) is 0.625. The Morgan fingerprint density at radius 3 is 2.65 bits per heavy atom. The Morgan fingerprint density at radius 1 is 1.25 bits per heavy atom. The number of nitrogens with zero attached hydrogens (tertiary/aromatic N) is 1. The van der Waals surface area contributed by atoms with Crippen LogP contribution < -0.4 is 10.6 Å². The zero-order valence-corrected chi connectivity index (χ0v) is 12.9. The molecule has 1 rings (SSSR count). The predicted molar refractivity (Wildman–Crippen MR) is 84.0 cm³/mol. The van der Waals surface area contributed by atoms with Crippen molar-refractivity contribution >= 4 is 11.7 Å². The molecule has 4 nitrogen and oxygen atoms in total. The second kappa shape index (κ2) is 9.34. The first-order valence-corrected chi connectivity index (χ1v) is 7.61. The van der Waals surface area contributed by atoms with Crippen molar-refractivity contribution in [1.29, 1.82) is 0 Å². The molecule has 0 aliphatic rings. The molecule has 1 amide bonds. The summed E-state index contributed by atoms with van der Waals surface area (Å²) in [6.45, 7) is 8.19. The van der Waals surface area contributed by atoms with Gasteiger partial charge in [0.2, 0.25) is 0 Å². The highest BCUT2D eigenvalue weighted by molar-refractivity contribution is 5.93. The third-order valence-corrected chi connectivity index (χ3v) is 3.12. The number of unbranched alkanes of at least 4 members (excludes halogenated alkanes) is 2. The summed E-state index contributed by atoms with van der Waals surface area (Å²) in [6.07, 6.45) is 6.09. The van der Waals surface area contributed by atoms with E-state index < -0.39 is 0 Å². The van der Waals surface area contributed by atoms with Crippen molar-refractivity contribution in [1.82, 2.24) is 10.3 Å². The van der Waals surface area contributed by atoms with Gasteiger partial charge in [0.05, 0.1) is 5.56 Å². The normalized spacial score (nSPS) is 10.6. The fourth-order valence-electron chi connectivity index (χ4n) is 1.80. The van der Waals surface area contributed by atoms with E-state index in [-0.39, 0.29) is 5.91 Å². The van der Waals surface area contributed by atoms with Crippen LogP contribution in [0.4, 0.5) is 5.82 Å². The molecule has 1 heterocycles. The van der Waals surface area contributed by atoms with Gasteiger partial charge in [-0.3, -0.25) is 4.79 Å². The smallest absolute Gasteiger partial charge is 0.252 e. The van der Waals surface area contributed by atoms with Crippen LogP contribution in [-0.2, 0) is 0 Å². The summed E-state index contributed by atoms with van der Waals surface area (Å²) >= 11 is 0. The number of aromatic nitrogens is 1. The molecule has 0 atom stereocenters. The number of hydrogen-bond donors (Lipinski definition) is 2. The summed E-state index contributed by atoms with van der Waals surface area (Å²) in [4.78, 5) is 16.1. The van der Waals surface area contributed by atoms with Crippen LogP contribution >= 0.6 is 0 Å². The zero-order valence-electron chi connectivity index (χ0n) is 12.9. The van der Waals surface area contributed by atoms with E-state index in [1.54, 1.807) is 6.20 Å². The maximum absolute atomic E-state index is 11.9. The molecule has 0 fully saturated rings. The standard InChI is InChI=1S/C16H27N3O/c1-4-5-6-10-18-16(20)14-7-8-15(19-12-14)17-11-9-13(2)3/h7-8,12-13H,4-6,9-11H2,1-3H3,(H,17,19)(H,18,20). The summed E-state index contributed by atoms with van der Waals surface area (Å²) in [5.74, 6) is 1.46. The van der Waals surface area contributed by atoms with Crippen LogP contribution in [0.2, 0.25) is 0 Å². The van der Waals surface area contributed by atoms with Gasteiger partial charge < -0.3 is 10.6 Å². The number of pyridine rings is 1. The Labute approximate surface area is 122 Å². The molecule has 112 valence electrons. The minimum Gasteiger partial charge on any atom is -0.370 e. The summed E-state index contributed by atoms with van der Waals surface area (Å²) in [7, 11) is 0. The number of carbonyl (C=O) groups excluding carboxylic acids is 1. The van der Waals surface area contributed by atoms with E-state index in [0.29, 0.717) is 11.5 Å². The Balaban J connectivity index is 2.35. The number of carbonyl (C=O) groups is 1. The summed E-state index contributed by atoms with van der Waals surface area (Å²) in [6, 6.07) is 3.68. The molecule has 0 aliphatic carbocycles. The van der Waals surface area contributed by atoms with Crippen molar-refractivity contribution in [3.05, 3.63) is 23.9 Å². The molecule has 1 aromatic rings. The summed E-state index contributed by atoms with van der Waals surface area (Å²) in [5, 5.41) is 6.17. The van der Waals surface area contributed by atoms with E-state index in [1.807, 2.05) is 12.1 Å². The number of amides is 1. The lowest BCUT2D eigenvalue weighted by atomic mass is 10.1. The van der Waals surface area contributed by atoms with Gasteiger partial charge >= 0.3 is 0 Å². The Morgan fingerprint density at radius 2 is 2.05 bits per heavy atom. The lowest BCUT2D eigenvalue weighted by Gasteiger charge is -2.08. The van der Waals surface area contributed by atoms with Gasteiger partial charge in [-0.05, 0) is 30.9 Å². The van der Waals surface area contributed by atoms with Crippen molar-refractivity contribution in [3.8, 4) is 0 Å². The van der Waals surface area contributed by atoms with Crippen molar-refractivity contribution in [2.24, 2.45) is 5.92 Å². The van der Waals surface area contributed by atoms with Gasteiger partial charge in [0.25, 0.3) is 5.91 Å². The average molecular weight is 277 g/mol. The highest BCUT2D eigenvalue weighted by atomic mass is 16.1. The first kappa shape index (κ1) is 16.5. The van der Waals surface area contributed by atoms with E-state index in [1.165, 1.54) is 0 Å². The second-order valence-electron chi connectivity index (χ2n) is 5.50. The van der Waals surface area contributed by atoms with E-state index >= 15 is 0 Å². The molecule has 0 saturated carbocycles. The molecule has 0 aromatic carbocycles. The van der Waals surface area contributed by atoms with Crippen LogP contribution in [0.3, 0.4) is 0 Å². The SMILES string of the molecule is CCCCCNC(=O)c1ccc(NCCC(C)C)nc1. The van der Waals surface area contributed by atoms with E-state index in [4.69, 9.17) is 0 Å². The first-order valence-electron chi connectivity index (χ1n) is 7.61. The Hall–Kier alpha value is -1.58. The van der Waals surface area contributed by atoms with Gasteiger partial charge in [0, 0.05) is 19.3 Å². The van der Waals surface area contributed by atoms with Crippen molar-refractivity contribution in [2.75, 3.05) is 18.4 Å². The lowest BCUT2D eigenvalue weighted by Crippen LogP contribution is -2.24. The van der Waals surface area contributed by atoms with Gasteiger partial charge in [-0.1, -0.05) is 33.6 Å². The molecule has 0 aliphatic heterocycles. The molecule has 0 bridgehead atoms. The van der Waals surface area contributed by atoms with Crippen molar-refractivity contribution in [3.63, 3.8) is 0 Å². The van der Waals surface area contributed by atoms with E-state index in [9.17, 15) is 4.79 Å². The molecule has 2 N–H and O–H groups in total. The quantitative estimate of drug-likeness (QED) is 0.680. The molecule has 0 unspecified atom stereocenters. The molecule has 4 heteroatoms. The number of hydrogen-bond acceptors (Lipinski definition) is 3. The highest BCUT2D eigenvalue weighted by Crippen LogP contribution is 2.07. The van der Waals surface area contributed by atoms with Gasteiger partial charge in [-0.2, -0.15) is 0 Å². The minimum atomic E-state index is -0.0395. The minimum absolute atomic E-state index is 0.0395. The highest BCUT2D eigenvalue weighted by Gasteiger charge is 2.05. The predicted octanol–water partition coefficient (Wildman–Crippen LogP) is 3.46. The number of anilines is 1. The van der Waals surface area contributed by atoms with Crippen molar-refractivity contribution in [2.45, 2.75) is 46.5 Å². The lowest BCUT2D eigenvalue weighted by molar-refractivity contribution is 0.0952. The maximum Gasteiger partial charge on any atom is 0.252 e. The van der Waals surface area contributed by atoms with Gasteiger partial charge in [0.1, 0.15) is 5.82 Å². The Bertz CT molecular complexity index is 387. The fourth-order valence-corrected chi connectivity index (χ4v) is 1.80. The van der Waals surface area contributed by atoms with Crippen molar-refractivity contribution < 1.29 is 4.79 Å². The van der Waals surface area contributed by atoms with Crippen LogP contribution in [-0.4, -0.2) is 24.0 Å². The molecular weight excluding hydrogens is 250 g/mol. The maximum atomic E-state index is 11.9. The monoisotopic (exact) mass is 277 g/mol. The molecular formula is C16H27N3O. The van der Waals surface area contributed by atoms with Gasteiger partial charge in [0.15, 0.2) is 0 Å². The molecule has 0 spiro atoms. The molecule has 1 aromatic heterocycles. The molecule has 0 radical (unpaired) electrons.